The van der Waals surface area contributed by atoms with Crippen molar-refractivity contribution in [3.05, 3.63) is 28.2 Å². The zero-order valence-corrected chi connectivity index (χ0v) is 12.7. The molecule has 0 saturated carbocycles. The van der Waals surface area contributed by atoms with Crippen molar-refractivity contribution in [2.75, 3.05) is 18.0 Å². The van der Waals surface area contributed by atoms with E-state index in [-0.39, 0.29) is 5.84 Å². The highest BCUT2D eigenvalue weighted by molar-refractivity contribution is 9.10. The zero-order chi connectivity index (χ0) is 13.8. The fraction of sp³-hybridized carbons (Fsp3) is 0.500. The van der Waals surface area contributed by atoms with E-state index in [1.807, 2.05) is 18.2 Å². The number of amidine groups is 1. The highest BCUT2D eigenvalue weighted by Crippen LogP contribution is 2.31. The molecule has 0 radical (unpaired) electrons. The third-order valence-electron chi connectivity index (χ3n) is 3.89. The van der Waals surface area contributed by atoms with Crippen LogP contribution < -0.4 is 10.6 Å². The molecular formula is C14H20BrN3O. The summed E-state index contributed by atoms with van der Waals surface area (Å²) < 4.78 is 0.859. The molecule has 1 aromatic carbocycles. The molecule has 3 N–H and O–H groups in total. The quantitative estimate of drug-likeness (QED) is 0.388. The molecule has 0 unspecified atom stereocenters. The molecule has 5 heteroatoms. The maximum absolute atomic E-state index is 8.94. The van der Waals surface area contributed by atoms with Gasteiger partial charge in [-0.25, -0.2) is 0 Å². The minimum atomic E-state index is 0.153. The van der Waals surface area contributed by atoms with Crippen molar-refractivity contribution >= 4 is 27.5 Å². The van der Waals surface area contributed by atoms with Crippen molar-refractivity contribution in [1.29, 1.82) is 0 Å². The summed E-state index contributed by atoms with van der Waals surface area (Å²) in [6.45, 7) is 4.31. The number of rotatable bonds is 3. The van der Waals surface area contributed by atoms with Crippen LogP contribution in [-0.2, 0) is 0 Å². The van der Waals surface area contributed by atoms with Gasteiger partial charge in [-0.05, 0) is 46.8 Å². The molecule has 0 spiro atoms. The Hall–Kier alpha value is -1.23. The Morgan fingerprint density at radius 3 is 2.74 bits per heavy atom. The van der Waals surface area contributed by atoms with E-state index in [1.54, 1.807) is 0 Å². The number of oxime groups is 1. The van der Waals surface area contributed by atoms with Crippen LogP contribution in [0.15, 0.2) is 27.8 Å². The molecule has 0 amide bonds. The second-order valence-electron chi connectivity index (χ2n) is 4.96. The van der Waals surface area contributed by atoms with Gasteiger partial charge in [0.15, 0.2) is 5.84 Å². The summed E-state index contributed by atoms with van der Waals surface area (Å²) in [7, 11) is 0. The number of nitrogens with zero attached hydrogens (tertiary/aromatic N) is 2. The van der Waals surface area contributed by atoms with E-state index in [1.165, 1.54) is 19.3 Å². The summed E-state index contributed by atoms with van der Waals surface area (Å²) in [5.74, 6) is 0.982. The van der Waals surface area contributed by atoms with Crippen LogP contribution in [0.4, 0.5) is 5.69 Å². The standard InChI is InChI=1S/C14H20BrN3O/c1-2-10-6-8-18(9-7-10)12-5-3-4-11(15)13(12)14(16)17-19/h3-5,10,19H,2,6-9H2,1H3,(H2,16,17). The van der Waals surface area contributed by atoms with E-state index in [4.69, 9.17) is 10.9 Å². The van der Waals surface area contributed by atoms with Crippen LogP contribution in [0, 0.1) is 5.92 Å². The number of halogens is 1. The Morgan fingerprint density at radius 2 is 2.16 bits per heavy atom. The van der Waals surface area contributed by atoms with Gasteiger partial charge in [-0.2, -0.15) is 0 Å². The molecule has 1 aromatic rings. The van der Waals surface area contributed by atoms with Crippen LogP contribution in [0.3, 0.4) is 0 Å². The van der Waals surface area contributed by atoms with E-state index < -0.39 is 0 Å². The van der Waals surface area contributed by atoms with Crippen molar-refractivity contribution in [2.45, 2.75) is 26.2 Å². The van der Waals surface area contributed by atoms with Crippen LogP contribution in [0.1, 0.15) is 31.7 Å². The van der Waals surface area contributed by atoms with Gasteiger partial charge in [0.1, 0.15) is 0 Å². The number of anilines is 1. The van der Waals surface area contributed by atoms with Gasteiger partial charge >= 0.3 is 0 Å². The van der Waals surface area contributed by atoms with Crippen molar-refractivity contribution in [1.82, 2.24) is 0 Å². The summed E-state index contributed by atoms with van der Waals surface area (Å²) in [6.07, 6.45) is 3.66. The highest BCUT2D eigenvalue weighted by Gasteiger charge is 2.22. The van der Waals surface area contributed by atoms with Gasteiger partial charge in [-0.3, -0.25) is 0 Å². The lowest BCUT2D eigenvalue weighted by Gasteiger charge is -2.34. The molecule has 1 saturated heterocycles. The first-order valence-corrected chi connectivity index (χ1v) is 7.48. The van der Waals surface area contributed by atoms with E-state index in [0.717, 1.165) is 34.7 Å². The van der Waals surface area contributed by atoms with E-state index >= 15 is 0 Å². The molecule has 19 heavy (non-hydrogen) atoms. The first kappa shape index (κ1) is 14.2. The van der Waals surface area contributed by atoms with Gasteiger partial charge < -0.3 is 15.8 Å². The molecule has 1 aliphatic rings. The first-order chi connectivity index (χ1) is 9.17. The van der Waals surface area contributed by atoms with Crippen molar-refractivity contribution in [3.63, 3.8) is 0 Å². The molecule has 0 bridgehead atoms. The number of hydrogen-bond donors (Lipinski definition) is 2. The third-order valence-corrected chi connectivity index (χ3v) is 4.55. The summed E-state index contributed by atoms with van der Waals surface area (Å²) >= 11 is 3.48. The molecule has 104 valence electrons. The van der Waals surface area contributed by atoms with Crippen LogP contribution in [0.2, 0.25) is 0 Å². The lowest BCUT2D eigenvalue weighted by Crippen LogP contribution is -2.35. The van der Waals surface area contributed by atoms with E-state index in [2.05, 4.69) is 32.9 Å². The molecule has 0 atom stereocenters. The Balaban J connectivity index is 2.28. The van der Waals surface area contributed by atoms with Gasteiger partial charge in [0.25, 0.3) is 0 Å². The van der Waals surface area contributed by atoms with Crippen molar-refractivity contribution in [2.24, 2.45) is 16.8 Å². The van der Waals surface area contributed by atoms with Gasteiger partial charge in [0, 0.05) is 23.2 Å². The number of hydrogen-bond acceptors (Lipinski definition) is 3. The van der Waals surface area contributed by atoms with Crippen molar-refractivity contribution in [3.8, 4) is 0 Å². The van der Waals surface area contributed by atoms with Gasteiger partial charge in [-0.15, -0.1) is 0 Å². The Kier molecular flexibility index (Phi) is 4.69. The average molecular weight is 326 g/mol. The molecule has 1 fully saturated rings. The largest absolute Gasteiger partial charge is 0.409 e. The predicted molar refractivity (Wildman–Crippen MR) is 81.9 cm³/mol. The Bertz CT molecular complexity index is 468. The fourth-order valence-electron chi connectivity index (χ4n) is 2.66. The number of piperidine rings is 1. The minimum Gasteiger partial charge on any atom is -0.409 e. The molecule has 1 heterocycles. The summed E-state index contributed by atoms with van der Waals surface area (Å²) in [5.41, 5.74) is 7.62. The van der Waals surface area contributed by atoms with Crippen LogP contribution in [0.25, 0.3) is 0 Å². The number of nitrogens with two attached hydrogens (primary N) is 1. The van der Waals surface area contributed by atoms with E-state index in [0.29, 0.717) is 0 Å². The minimum absolute atomic E-state index is 0.153. The Morgan fingerprint density at radius 1 is 1.47 bits per heavy atom. The predicted octanol–water partition coefficient (Wildman–Crippen LogP) is 3.17. The SMILES string of the molecule is CCC1CCN(c2cccc(Br)c2/C(N)=N/O)CC1. The summed E-state index contributed by atoms with van der Waals surface area (Å²) in [5, 5.41) is 12.1. The first-order valence-electron chi connectivity index (χ1n) is 6.68. The zero-order valence-electron chi connectivity index (χ0n) is 11.1. The second-order valence-corrected chi connectivity index (χ2v) is 5.81. The van der Waals surface area contributed by atoms with Gasteiger partial charge in [-0.1, -0.05) is 24.6 Å². The Labute approximate surface area is 122 Å². The maximum Gasteiger partial charge on any atom is 0.173 e. The van der Waals surface area contributed by atoms with Crippen LogP contribution >= 0.6 is 15.9 Å². The lowest BCUT2D eigenvalue weighted by atomic mass is 9.93. The molecule has 0 aromatic heterocycles. The normalized spacial score (nSPS) is 17.8. The van der Waals surface area contributed by atoms with Gasteiger partial charge in [0.2, 0.25) is 0 Å². The second kappa shape index (κ2) is 6.28. The monoisotopic (exact) mass is 325 g/mol. The topological polar surface area (TPSA) is 61.8 Å². The van der Waals surface area contributed by atoms with Crippen LogP contribution in [-0.4, -0.2) is 24.1 Å². The van der Waals surface area contributed by atoms with Crippen molar-refractivity contribution < 1.29 is 5.21 Å². The summed E-state index contributed by atoms with van der Waals surface area (Å²) in [6, 6.07) is 5.93. The molecule has 2 rings (SSSR count). The number of benzene rings is 1. The average Bonchev–Trinajstić information content (AvgIpc) is 2.46. The van der Waals surface area contributed by atoms with E-state index in [9.17, 15) is 0 Å². The molecule has 4 nitrogen and oxygen atoms in total. The molecule has 0 aliphatic carbocycles. The van der Waals surface area contributed by atoms with Crippen LogP contribution in [0.5, 0.6) is 0 Å². The lowest BCUT2D eigenvalue weighted by molar-refractivity contribution is 0.318. The molecular weight excluding hydrogens is 306 g/mol. The summed E-state index contributed by atoms with van der Waals surface area (Å²) in [4.78, 5) is 2.32. The van der Waals surface area contributed by atoms with Gasteiger partial charge in [0.05, 0.1) is 5.56 Å². The maximum atomic E-state index is 8.94. The smallest absolute Gasteiger partial charge is 0.173 e. The third kappa shape index (κ3) is 3.03. The highest BCUT2D eigenvalue weighted by atomic mass is 79.9. The molecule has 1 aliphatic heterocycles. The fourth-order valence-corrected chi connectivity index (χ4v) is 3.22.